The Morgan fingerprint density at radius 2 is 1.81 bits per heavy atom. The lowest BCUT2D eigenvalue weighted by Crippen LogP contribution is -2.31. The van der Waals surface area contributed by atoms with Gasteiger partial charge in [0.05, 0.1) is 0 Å². The van der Waals surface area contributed by atoms with Gasteiger partial charge < -0.3 is 4.90 Å². The minimum atomic E-state index is -0.0452. The van der Waals surface area contributed by atoms with Crippen LogP contribution in [0, 0.1) is 12.8 Å². The number of rotatable bonds is 5. The first kappa shape index (κ1) is 25.5. The zero-order valence-electron chi connectivity index (χ0n) is 22.2. The van der Waals surface area contributed by atoms with E-state index in [1.165, 1.54) is 23.6 Å². The van der Waals surface area contributed by atoms with E-state index in [-0.39, 0.29) is 5.56 Å². The van der Waals surface area contributed by atoms with Gasteiger partial charge >= 0.3 is 0 Å². The molecule has 1 aliphatic carbocycles. The second-order valence-electron chi connectivity index (χ2n) is 9.82. The number of nitrogens with zero attached hydrogens (tertiary/aromatic N) is 5. The lowest BCUT2D eigenvalue weighted by molar-refractivity contribution is 0.324. The Hall–Kier alpha value is -3.54. The highest BCUT2D eigenvalue weighted by Crippen LogP contribution is 2.44. The lowest BCUT2D eigenvalue weighted by Gasteiger charge is -2.33. The molecule has 1 fully saturated rings. The largest absolute Gasteiger partial charge is 0.367 e. The minimum Gasteiger partial charge on any atom is -0.367 e. The summed E-state index contributed by atoms with van der Waals surface area (Å²) in [6.07, 6.45) is 9.91. The molecule has 3 aromatic heterocycles. The molecule has 0 N–H and O–H groups in total. The molecule has 5 rings (SSSR count). The fourth-order valence-corrected chi connectivity index (χ4v) is 4.70. The summed E-state index contributed by atoms with van der Waals surface area (Å²) in [5, 5.41) is 0. The molecule has 36 heavy (non-hydrogen) atoms. The van der Waals surface area contributed by atoms with Crippen molar-refractivity contribution in [3.8, 4) is 11.1 Å². The van der Waals surface area contributed by atoms with Gasteiger partial charge in [-0.25, -0.2) is 4.98 Å². The molecule has 0 saturated heterocycles. The van der Waals surface area contributed by atoms with Gasteiger partial charge in [-0.1, -0.05) is 32.9 Å². The van der Waals surface area contributed by atoms with Gasteiger partial charge in [0.25, 0.3) is 5.56 Å². The quantitative estimate of drug-likeness (QED) is 0.435. The summed E-state index contributed by atoms with van der Waals surface area (Å²) in [5.74, 6) is 1.21. The van der Waals surface area contributed by atoms with Gasteiger partial charge in [-0.2, -0.15) is 0 Å². The molecule has 0 radical (unpaired) electrons. The van der Waals surface area contributed by atoms with Gasteiger partial charge in [0.1, 0.15) is 5.82 Å². The van der Waals surface area contributed by atoms with Crippen LogP contribution in [-0.2, 0) is 20.0 Å². The Labute approximate surface area is 214 Å². The first-order valence-electron chi connectivity index (χ1n) is 12.9. The van der Waals surface area contributed by atoms with Crippen LogP contribution in [0.25, 0.3) is 16.7 Å². The van der Waals surface area contributed by atoms with Crippen molar-refractivity contribution >= 4 is 5.57 Å². The van der Waals surface area contributed by atoms with Crippen LogP contribution in [0.15, 0.2) is 65.5 Å². The highest BCUT2D eigenvalue weighted by Gasteiger charge is 2.33. The van der Waals surface area contributed by atoms with E-state index >= 15 is 0 Å². The van der Waals surface area contributed by atoms with Crippen LogP contribution >= 0.6 is 0 Å². The molecule has 0 bridgehead atoms. The van der Waals surface area contributed by atoms with Crippen LogP contribution in [0.4, 0.5) is 0 Å². The monoisotopic (exact) mass is 483 g/mol. The number of hydrogen-bond donors (Lipinski definition) is 0. The van der Waals surface area contributed by atoms with Crippen LogP contribution in [0.3, 0.4) is 0 Å². The van der Waals surface area contributed by atoms with Crippen molar-refractivity contribution in [1.29, 1.82) is 0 Å². The zero-order valence-corrected chi connectivity index (χ0v) is 22.2. The van der Waals surface area contributed by atoms with E-state index in [1.807, 2.05) is 25.4 Å². The van der Waals surface area contributed by atoms with Crippen molar-refractivity contribution in [3.05, 3.63) is 93.8 Å². The van der Waals surface area contributed by atoms with E-state index in [2.05, 4.69) is 54.4 Å². The summed E-state index contributed by atoms with van der Waals surface area (Å²) in [5.41, 5.74) is 8.85. The van der Waals surface area contributed by atoms with Crippen molar-refractivity contribution < 1.29 is 0 Å². The molecule has 4 heterocycles. The molecule has 6 nitrogen and oxygen atoms in total. The standard InChI is InChI=1S/C27H29N5O.C3H8/c1-17-5-6-21(14-29-17)22-13-23-16-32(12-10-24(23)30-15-22)19(3)26(20-7-8-20)18(2)27-28-11-9-25(33)31(27)4;1-3-2/h5-6,9,11,13-15,20H,3,7-8,10,12,16H2,1-2,4H3;3H2,1-2H3/b26-18+;. The van der Waals surface area contributed by atoms with Crippen LogP contribution in [0.2, 0.25) is 0 Å². The summed E-state index contributed by atoms with van der Waals surface area (Å²) < 4.78 is 1.63. The van der Waals surface area contributed by atoms with E-state index in [4.69, 9.17) is 4.98 Å². The highest BCUT2D eigenvalue weighted by molar-refractivity contribution is 5.68. The summed E-state index contributed by atoms with van der Waals surface area (Å²) in [6.45, 7) is 14.5. The average Bonchev–Trinajstić information content (AvgIpc) is 3.71. The Kier molecular flexibility index (Phi) is 7.82. The molecule has 0 aromatic carbocycles. The fourth-order valence-electron chi connectivity index (χ4n) is 4.70. The van der Waals surface area contributed by atoms with Crippen molar-refractivity contribution in [2.45, 2.75) is 59.9 Å². The molecular weight excluding hydrogens is 446 g/mol. The first-order valence-corrected chi connectivity index (χ1v) is 12.9. The van der Waals surface area contributed by atoms with Crippen LogP contribution in [0.1, 0.15) is 62.8 Å². The van der Waals surface area contributed by atoms with E-state index in [1.54, 1.807) is 17.8 Å². The van der Waals surface area contributed by atoms with Crippen LogP contribution in [-0.4, -0.2) is 31.0 Å². The lowest BCUT2D eigenvalue weighted by atomic mass is 9.96. The Bertz CT molecular complexity index is 1330. The van der Waals surface area contributed by atoms with Gasteiger partial charge in [-0.15, -0.1) is 0 Å². The highest BCUT2D eigenvalue weighted by atomic mass is 16.1. The Morgan fingerprint density at radius 1 is 1.08 bits per heavy atom. The third-order valence-corrected chi connectivity index (χ3v) is 6.76. The molecule has 0 unspecified atom stereocenters. The molecule has 3 aromatic rings. The maximum Gasteiger partial charge on any atom is 0.253 e. The molecule has 0 amide bonds. The number of pyridine rings is 2. The smallest absolute Gasteiger partial charge is 0.253 e. The SMILES string of the molecule is C=C(/C(=C(/C)c1nccc(=O)n1C)C1CC1)N1CCc2ncc(-c3ccc(C)nc3)cc2C1.CCC. The molecule has 0 spiro atoms. The fraction of sp³-hybridized carbons (Fsp3) is 0.400. The van der Waals surface area contributed by atoms with Crippen molar-refractivity contribution in [2.75, 3.05) is 6.54 Å². The number of hydrogen-bond acceptors (Lipinski definition) is 5. The predicted octanol–water partition coefficient (Wildman–Crippen LogP) is 5.72. The third kappa shape index (κ3) is 5.48. The molecule has 1 aliphatic heterocycles. The maximum absolute atomic E-state index is 12.2. The van der Waals surface area contributed by atoms with Crippen LogP contribution < -0.4 is 5.56 Å². The van der Waals surface area contributed by atoms with E-state index in [9.17, 15) is 4.79 Å². The summed E-state index contributed by atoms with van der Waals surface area (Å²) in [6, 6.07) is 7.87. The van der Waals surface area contributed by atoms with Gasteiger partial charge in [0.15, 0.2) is 0 Å². The van der Waals surface area contributed by atoms with Crippen molar-refractivity contribution in [1.82, 2.24) is 24.4 Å². The number of aryl methyl sites for hydroxylation is 1. The topological polar surface area (TPSA) is 63.9 Å². The molecule has 6 heteroatoms. The molecule has 2 aliphatic rings. The van der Waals surface area contributed by atoms with Crippen molar-refractivity contribution in [3.63, 3.8) is 0 Å². The number of aromatic nitrogens is 4. The molecular formula is C30H37N5O. The first-order chi connectivity index (χ1) is 17.3. The van der Waals surface area contributed by atoms with Crippen LogP contribution in [0.5, 0.6) is 0 Å². The second-order valence-corrected chi connectivity index (χ2v) is 9.82. The van der Waals surface area contributed by atoms with Gasteiger partial charge in [0, 0.05) is 79.4 Å². The van der Waals surface area contributed by atoms with Gasteiger partial charge in [-0.05, 0) is 61.4 Å². The third-order valence-electron chi connectivity index (χ3n) is 6.76. The van der Waals surface area contributed by atoms with Gasteiger partial charge in [-0.3, -0.25) is 19.3 Å². The minimum absolute atomic E-state index is 0.0452. The summed E-state index contributed by atoms with van der Waals surface area (Å²) in [7, 11) is 1.78. The van der Waals surface area contributed by atoms with E-state index < -0.39 is 0 Å². The molecule has 0 atom stereocenters. The number of allylic oxidation sites excluding steroid dienone is 2. The van der Waals surface area contributed by atoms with E-state index in [0.717, 1.165) is 72.0 Å². The predicted molar refractivity (Wildman–Crippen MR) is 146 cm³/mol. The van der Waals surface area contributed by atoms with E-state index in [0.29, 0.717) is 5.92 Å². The average molecular weight is 484 g/mol. The summed E-state index contributed by atoms with van der Waals surface area (Å²) >= 11 is 0. The summed E-state index contributed by atoms with van der Waals surface area (Å²) in [4.78, 5) is 28.3. The zero-order chi connectivity index (χ0) is 25.8. The van der Waals surface area contributed by atoms with Gasteiger partial charge in [0.2, 0.25) is 0 Å². The Morgan fingerprint density at radius 3 is 2.47 bits per heavy atom. The second kappa shape index (κ2) is 11.0. The molecule has 1 saturated carbocycles. The maximum atomic E-state index is 12.2. The normalized spacial score (nSPS) is 15.4. The molecule has 188 valence electrons. The number of fused-ring (bicyclic) bond motifs is 1. The Balaban J connectivity index is 0.000000967. The van der Waals surface area contributed by atoms with Crippen molar-refractivity contribution in [2.24, 2.45) is 13.0 Å².